The van der Waals surface area contributed by atoms with Crippen LogP contribution in [0, 0.1) is 5.92 Å². The van der Waals surface area contributed by atoms with Crippen molar-refractivity contribution in [2.45, 2.75) is 39.0 Å². The number of likely N-dealkylation sites (tertiary alicyclic amines) is 1. The first-order chi connectivity index (χ1) is 13.3. The third kappa shape index (κ3) is 4.30. The number of nitrogens with one attached hydrogen (secondary N) is 1. The van der Waals surface area contributed by atoms with Crippen LogP contribution in [-0.4, -0.2) is 52.4 Å². The van der Waals surface area contributed by atoms with Gasteiger partial charge in [0.25, 0.3) is 0 Å². The summed E-state index contributed by atoms with van der Waals surface area (Å²) in [6.45, 7) is 5.17. The second-order valence-corrected chi connectivity index (χ2v) is 7.29. The summed E-state index contributed by atoms with van der Waals surface area (Å²) in [6, 6.07) is 10.3. The minimum Gasteiger partial charge on any atom is -0.376 e. The van der Waals surface area contributed by atoms with Gasteiger partial charge in [-0.1, -0.05) is 30.3 Å². The van der Waals surface area contributed by atoms with E-state index in [9.17, 15) is 0 Å². The monoisotopic (exact) mass is 368 g/mol. The van der Waals surface area contributed by atoms with Crippen molar-refractivity contribution in [1.29, 1.82) is 0 Å². The average Bonchev–Trinajstić information content (AvgIpc) is 3.42. The van der Waals surface area contributed by atoms with Crippen LogP contribution in [0.1, 0.15) is 30.1 Å². The molecule has 1 aromatic heterocycles. The maximum absolute atomic E-state index is 5.93. The second-order valence-electron chi connectivity index (χ2n) is 7.29. The van der Waals surface area contributed by atoms with E-state index in [0.717, 1.165) is 56.7 Å². The second kappa shape index (κ2) is 8.52. The molecular weight excluding hydrogens is 340 g/mol. The first kappa shape index (κ1) is 18.0. The van der Waals surface area contributed by atoms with Gasteiger partial charge in [-0.2, -0.15) is 0 Å². The average molecular weight is 368 g/mol. The lowest BCUT2D eigenvalue weighted by Gasteiger charge is -2.21. The van der Waals surface area contributed by atoms with E-state index >= 15 is 0 Å². The lowest BCUT2D eigenvalue weighted by molar-refractivity contribution is 0.0906. The summed E-state index contributed by atoms with van der Waals surface area (Å²) in [5, 5.41) is 12.0. The third-order valence-electron chi connectivity index (χ3n) is 5.35. The van der Waals surface area contributed by atoms with E-state index < -0.39 is 0 Å². The zero-order chi connectivity index (χ0) is 18.5. The molecule has 1 unspecified atom stereocenters. The van der Waals surface area contributed by atoms with Gasteiger partial charge < -0.3 is 19.5 Å². The normalized spacial score (nSPS) is 19.5. The first-order valence-corrected chi connectivity index (χ1v) is 9.81. The Labute approximate surface area is 160 Å². The smallest absolute Gasteiger partial charge is 0.194 e. The number of aliphatic imine (C=N–C) groups is 1. The van der Waals surface area contributed by atoms with Gasteiger partial charge in [0.05, 0.1) is 19.8 Å². The molecule has 7 heteroatoms. The van der Waals surface area contributed by atoms with Crippen LogP contribution in [0.15, 0.2) is 35.3 Å². The Morgan fingerprint density at radius 1 is 1.26 bits per heavy atom. The molecule has 1 aromatic carbocycles. The van der Waals surface area contributed by atoms with E-state index in [4.69, 9.17) is 4.74 Å². The van der Waals surface area contributed by atoms with Gasteiger partial charge in [0.2, 0.25) is 0 Å². The molecule has 144 valence electrons. The predicted molar refractivity (Wildman–Crippen MR) is 104 cm³/mol. The molecule has 0 amide bonds. The van der Waals surface area contributed by atoms with Crippen LogP contribution in [0.3, 0.4) is 0 Å². The Morgan fingerprint density at radius 3 is 3.00 bits per heavy atom. The minimum absolute atomic E-state index is 0.546. The van der Waals surface area contributed by atoms with Crippen molar-refractivity contribution in [2.24, 2.45) is 10.9 Å². The number of rotatable bonds is 6. The van der Waals surface area contributed by atoms with Gasteiger partial charge in [-0.3, -0.25) is 4.99 Å². The highest BCUT2D eigenvalue weighted by molar-refractivity contribution is 5.80. The van der Waals surface area contributed by atoms with E-state index in [1.807, 2.05) is 13.1 Å². The van der Waals surface area contributed by atoms with Crippen LogP contribution in [0.5, 0.6) is 0 Å². The van der Waals surface area contributed by atoms with E-state index in [1.54, 1.807) is 0 Å². The highest BCUT2D eigenvalue weighted by atomic mass is 16.5. The minimum atomic E-state index is 0.546. The van der Waals surface area contributed by atoms with Crippen LogP contribution in [0.4, 0.5) is 0 Å². The number of fused-ring (bicyclic) bond motifs is 1. The number of aromatic nitrogens is 3. The molecule has 0 bridgehead atoms. The van der Waals surface area contributed by atoms with Crippen molar-refractivity contribution in [3.63, 3.8) is 0 Å². The molecule has 1 fully saturated rings. The van der Waals surface area contributed by atoms with Crippen LogP contribution < -0.4 is 5.32 Å². The number of hydrogen-bond donors (Lipinski definition) is 1. The molecule has 1 saturated heterocycles. The highest BCUT2D eigenvalue weighted by Crippen LogP contribution is 2.18. The topological polar surface area (TPSA) is 67.6 Å². The number of guanidine groups is 1. The van der Waals surface area contributed by atoms with Crippen molar-refractivity contribution in [2.75, 3.05) is 26.7 Å². The summed E-state index contributed by atoms with van der Waals surface area (Å²) in [7, 11) is 1.84. The Morgan fingerprint density at radius 2 is 2.15 bits per heavy atom. The summed E-state index contributed by atoms with van der Waals surface area (Å²) < 4.78 is 8.15. The molecule has 27 heavy (non-hydrogen) atoms. The van der Waals surface area contributed by atoms with Crippen LogP contribution in [-0.2, 0) is 30.9 Å². The summed E-state index contributed by atoms with van der Waals surface area (Å²) in [6.07, 6.45) is 3.34. The first-order valence-electron chi connectivity index (χ1n) is 9.81. The van der Waals surface area contributed by atoms with E-state index in [2.05, 4.69) is 54.2 Å². The Balaban J connectivity index is 1.23. The largest absolute Gasteiger partial charge is 0.376 e. The molecule has 0 aliphatic carbocycles. The lowest BCUT2D eigenvalue weighted by Crippen LogP contribution is -2.40. The molecule has 0 spiro atoms. The molecule has 0 saturated carbocycles. The summed E-state index contributed by atoms with van der Waals surface area (Å²) in [5.41, 5.74) is 1.23. The zero-order valence-corrected chi connectivity index (χ0v) is 16.0. The standard InChI is InChI=1S/C20H28N6O/c1-21-20(22-12-19-24-23-18-8-5-10-26(18)19)25-11-9-17(13-25)15-27-14-16-6-3-2-4-7-16/h2-4,6-7,17H,5,8-15H2,1H3,(H,21,22). The number of ether oxygens (including phenoxy) is 1. The van der Waals surface area contributed by atoms with Gasteiger partial charge >= 0.3 is 0 Å². The summed E-state index contributed by atoms with van der Waals surface area (Å²) in [5.74, 6) is 3.60. The van der Waals surface area contributed by atoms with Crippen molar-refractivity contribution in [3.8, 4) is 0 Å². The SMILES string of the molecule is CN=C(NCc1nnc2n1CCC2)N1CCC(COCc2ccccc2)C1. The van der Waals surface area contributed by atoms with Crippen molar-refractivity contribution in [3.05, 3.63) is 47.5 Å². The van der Waals surface area contributed by atoms with Crippen LogP contribution in [0.25, 0.3) is 0 Å². The number of aryl methyl sites for hydroxylation is 1. The summed E-state index contributed by atoms with van der Waals surface area (Å²) >= 11 is 0. The van der Waals surface area contributed by atoms with E-state index in [-0.39, 0.29) is 0 Å². The molecule has 0 radical (unpaired) electrons. The zero-order valence-electron chi connectivity index (χ0n) is 16.0. The van der Waals surface area contributed by atoms with Gasteiger partial charge in [-0.05, 0) is 18.4 Å². The van der Waals surface area contributed by atoms with Crippen molar-refractivity contribution in [1.82, 2.24) is 25.0 Å². The van der Waals surface area contributed by atoms with Crippen molar-refractivity contribution >= 4 is 5.96 Å². The van der Waals surface area contributed by atoms with Crippen LogP contribution >= 0.6 is 0 Å². The number of nitrogens with zero attached hydrogens (tertiary/aromatic N) is 5. The lowest BCUT2D eigenvalue weighted by atomic mass is 10.1. The van der Waals surface area contributed by atoms with Crippen molar-refractivity contribution < 1.29 is 4.74 Å². The molecule has 2 aliphatic rings. The van der Waals surface area contributed by atoms with E-state index in [1.165, 1.54) is 12.0 Å². The fraction of sp³-hybridized carbons (Fsp3) is 0.550. The number of benzene rings is 1. The highest BCUT2D eigenvalue weighted by Gasteiger charge is 2.25. The van der Waals surface area contributed by atoms with Gasteiger partial charge in [-0.25, -0.2) is 0 Å². The van der Waals surface area contributed by atoms with Gasteiger partial charge in [-0.15, -0.1) is 10.2 Å². The maximum atomic E-state index is 5.93. The number of hydrogen-bond acceptors (Lipinski definition) is 4. The van der Waals surface area contributed by atoms with Gasteiger partial charge in [0, 0.05) is 39.0 Å². The summed E-state index contributed by atoms with van der Waals surface area (Å²) in [4.78, 5) is 6.78. The molecule has 7 nitrogen and oxygen atoms in total. The Kier molecular flexibility index (Phi) is 5.67. The fourth-order valence-electron chi connectivity index (χ4n) is 3.91. The molecule has 2 aliphatic heterocycles. The van der Waals surface area contributed by atoms with Crippen LogP contribution in [0.2, 0.25) is 0 Å². The molecule has 2 aromatic rings. The Bertz CT molecular complexity index is 772. The van der Waals surface area contributed by atoms with Gasteiger partial charge in [0.15, 0.2) is 11.8 Å². The molecule has 3 heterocycles. The Hall–Kier alpha value is -2.41. The maximum Gasteiger partial charge on any atom is 0.194 e. The van der Waals surface area contributed by atoms with E-state index in [0.29, 0.717) is 19.1 Å². The molecule has 4 rings (SSSR count). The third-order valence-corrected chi connectivity index (χ3v) is 5.35. The quantitative estimate of drug-likeness (QED) is 0.622. The molecule has 1 N–H and O–H groups in total. The predicted octanol–water partition coefficient (Wildman–Crippen LogP) is 1.84. The fourth-order valence-corrected chi connectivity index (χ4v) is 3.91. The van der Waals surface area contributed by atoms with Gasteiger partial charge in [0.1, 0.15) is 5.82 Å². The molecule has 1 atom stereocenters. The molecular formula is C20H28N6O.